The molecule has 0 radical (unpaired) electrons. The first-order valence-corrected chi connectivity index (χ1v) is 10.9. The van der Waals surface area contributed by atoms with E-state index >= 15 is 0 Å². The van der Waals surface area contributed by atoms with E-state index in [0.29, 0.717) is 13.1 Å². The van der Waals surface area contributed by atoms with Crippen LogP contribution in [0.4, 0.5) is 4.79 Å². The van der Waals surface area contributed by atoms with Crippen LogP contribution in [0.3, 0.4) is 0 Å². The van der Waals surface area contributed by atoms with Gasteiger partial charge in [-0.15, -0.1) is 0 Å². The van der Waals surface area contributed by atoms with E-state index in [1.165, 1.54) is 0 Å². The molecule has 0 aliphatic heterocycles. The summed E-state index contributed by atoms with van der Waals surface area (Å²) in [6.45, 7) is 8.31. The fraction of sp³-hybridized carbons (Fsp3) is 0.318. The van der Waals surface area contributed by atoms with Gasteiger partial charge in [0.15, 0.2) is 0 Å². The quantitative estimate of drug-likeness (QED) is 0.675. The predicted molar refractivity (Wildman–Crippen MR) is 113 cm³/mol. The summed E-state index contributed by atoms with van der Waals surface area (Å²) in [5.41, 5.74) is 1.37. The highest BCUT2D eigenvalue weighted by atomic mass is 32.2. The van der Waals surface area contributed by atoms with Gasteiger partial charge in [0.05, 0.1) is 9.79 Å². The van der Waals surface area contributed by atoms with Gasteiger partial charge in [0.1, 0.15) is 5.60 Å². The number of hydrogen-bond donors (Lipinski definition) is 1. The van der Waals surface area contributed by atoms with E-state index in [1.807, 2.05) is 44.5 Å². The number of hydrogen-bond acceptors (Lipinski definition) is 4. The van der Waals surface area contributed by atoms with Gasteiger partial charge < -0.3 is 14.6 Å². The summed E-state index contributed by atoms with van der Waals surface area (Å²) < 4.78 is 33.0. The molecule has 1 N–H and O–H groups in total. The lowest BCUT2D eigenvalue weighted by Gasteiger charge is -2.19. The van der Waals surface area contributed by atoms with Crippen LogP contribution in [0.25, 0.3) is 10.9 Å². The Hall–Kier alpha value is -2.80. The van der Waals surface area contributed by atoms with Crippen molar-refractivity contribution in [3.8, 4) is 0 Å². The molecule has 7 heteroatoms. The number of carbonyl (C=O) groups excluding carboxylic acids is 1. The van der Waals surface area contributed by atoms with E-state index in [1.54, 1.807) is 42.5 Å². The lowest BCUT2D eigenvalue weighted by atomic mass is 10.2. The molecule has 0 saturated carbocycles. The Bertz CT molecular complexity index is 1120. The topological polar surface area (TPSA) is 77.4 Å². The first kappa shape index (κ1) is 20.9. The molecule has 3 aromatic rings. The van der Waals surface area contributed by atoms with Crippen molar-refractivity contribution in [2.24, 2.45) is 0 Å². The molecule has 3 rings (SSSR count). The molecule has 1 amide bonds. The number of alkyl carbamates (subject to hydrolysis) is 1. The standard InChI is InChI=1S/C22H26N2O4S/c1-16-5-7-18(8-6-16)29(26,27)19-9-10-20-17(15-19)11-13-24(20)14-12-23-21(25)28-22(2,3)4/h5-11,13,15H,12,14H2,1-4H3,(H,23,25). The van der Waals surface area contributed by atoms with E-state index in [0.717, 1.165) is 16.5 Å². The van der Waals surface area contributed by atoms with Crippen LogP contribution in [0.1, 0.15) is 26.3 Å². The lowest BCUT2D eigenvalue weighted by molar-refractivity contribution is 0.0526. The van der Waals surface area contributed by atoms with Gasteiger partial charge in [0, 0.05) is 30.2 Å². The highest BCUT2D eigenvalue weighted by Crippen LogP contribution is 2.25. The van der Waals surface area contributed by atoms with Crippen molar-refractivity contribution >= 4 is 26.8 Å². The van der Waals surface area contributed by atoms with Crippen molar-refractivity contribution in [1.29, 1.82) is 0 Å². The zero-order valence-electron chi connectivity index (χ0n) is 17.1. The van der Waals surface area contributed by atoms with Gasteiger partial charge in [0.25, 0.3) is 0 Å². The summed E-state index contributed by atoms with van der Waals surface area (Å²) in [7, 11) is -3.57. The number of benzene rings is 2. The van der Waals surface area contributed by atoms with Gasteiger partial charge in [-0.05, 0) is 64.1 Å². The molecule has 0 fully saturated rings. The van der Waals surface area contributed by atoms with E-state index in [-0.39, 0.29) is 9.79 Å². The molecule has 0 aliphatic carbocycles. The molecule has 1 heterocycles. The largest absolute Gasteiger partial charge is 0.444 e. The van der Waals surface area contributed by atoms with Crippen molar-refractivity contribution in [2.45, 2.75) is 49.6 Å². The number of carbonyl (C=O) groups is 1. The fourth-order valence-corrected chi connectivity index (χ4v) is 4.28. The smallest absolute Gasteiger partial charge is 0.407 e. The maximum atomic E-state index is 12.9. The summed E-state index contributed by atoms with van der Waals surface area (Å²) >= 11 is 0. The van der Waals surface area contributed by atoms with Gasteiger partial charge >= 0.3 is 6.09 Å². The maximum Gasteiger partial charge on any atom is 0.407 e. The third-order valence-corrected chi connectivity index (χ3v) is 6.17. The minimum atomic E-state index is -3.57. The van der Waals surface area contributed by atoms with Crippen LogP contribution in [0, 0.1) is 6.92 Å². The van der Waals surface area contributed by atoms with Crippen LogP contribution in [0.15, 0.2) is 64.5 Å². The van der Waals surface area contributed by atoms with E-state index in [2.05, 4.69) is 5.32 Å². The zero-order chi connectivity index (χ0) is 21.2. The Morgan fingerprint density at radius 2 is 1.69 bits per heavy atom. The average molecular weight is 415 g/mol. The normalized spacial score (nSPS) is 12.1. The van der Waals surface area contributed by atoms with Crippen LogP contribution in [0.2, 0.25) is 0 Å². The molecule has 0 bridgehead atoms. The second-order valence-electron chi connectivity index (χ2n) is 7.97. The third-order valence-electron chi connectivity index (χ3n) is 4.40. The Morgan fingerprint density at radius 3 is 2.34 bits per heavy atom. The average Bonchev–Trinajstić information content (AvgIpc) is 3.03. The number of amides is 1. The van der Waals surface area contributed by atoms with Crippen LogP contribution in [-0.4, -0.2) is 31.2 Å². The molecular formula is C22H26N2O4S. The number of nitrogens with one attached hydrogen (secondary N) is 1. The number of fused-ring (bicyclic) bond motifs is 1. The van der Waals surface area contributed by atoms with Crippen molar-refractivity contribution in [3.63, 3.8) is 0 Å². The van der Waals surface area contributed by atoms with Crippen LogP contribution in [-0.2, 0) is 21.1 Å². The molecular weight excluding hydrogens is 388 g/mol. The minimum Gasteiger partial charge on any atom is -0.444 e. The van der Waals surface area contributed by atoms with Crippen molar-refractivity contribution in [1.82, 2.24) is 9.88 Å². The molecule has 2 aromatic carbocycles. The fourth-order valence-electron chi connectivity index (χ4n) is 2.99. The number of rotatable bonds is 5. The van der Waals surface area contributed by atoms with E-state index in [9.17, 15) is 13.2 Å². The molecule has 154 valence electrons. The van der Waals surface area contributed by atoms with Crippen LogP contribution < -0.4 is 5.32 Å². The second kappa shape index (κ2) is 7.91. The molecule has 0 saturated heterocycles. The first-order valence-electron chi connectivity index (χ1n) is 9.44. The number of nitrogens with zero attached hydrogens (tertiary/aromatic N) is 1. The molecule has 6 nitrogen and oxygen atoms in total. The zero-order valence-corrected chi connectivity index (χ0v) is 17.9. The Kier molecular flexibility index (Phi) is 5.71. The Labute approximate surface area is 171 Å². The predicted octanol–water partition coefficient (Wildman–Crippen LogP) is 4.31. The highest BCUT2D eigenvalue weighted by Gasteiger charge is 2.19. The SMILES string of the molecule is Cc1ccc(S(=O)(=O)c2ccc3c(ccn3CCNC(=O)OC(C)(C)C)c2)cc1. The number of sulfone groups is 1. The minimum absolute atomic E-state index is 0.262. The number of aryl methyl sites for hydroxylation is 1. The van der Waals surface area contributed by atoms with Crippen molar-refractivity contribution in [2.75, 3.05) is 6.54 Å². The summed E-state index contributed by atoms with van der Waals surface area (Å²) in [6.07, 6.45) is 1.42. The van der Waals surface area contributed by atoms with Gasteiger partial charge in [-0.3, -0.25) is 0 Å². The summed E-state index contributed by atoms with van der Waals surface area (Å²) in [6, 6.07) is 13.8. The molecule has 0 unspecified atom stereocenters. The van der Waals surface area contributed by atoms with Gasteiger partial charge in [0.2, 0.25) is 9.84 Å². The summed E-state index contributed by atoms with van der Waals surface area (Å²) in [5, 5.41) is 3.56. The lowest BCUT2D eigenvalue weighted by Crippen LogP contribution is -2.34. The number of aromatic nitrogens is 1. The second-order valence-corrected chi connectivity index (χ2v) is 9.92. The third kappa shape index (κ3) is 4.98. The molecule has 29 heavy (non-hydrogen) atoms. The Balaban J connectivity index is 1.74. The molecule has 1 aromatic heterocycles. The van der Waals surface area contributed by atoms with Gasteiger partial charge in [-0.2, -0.15) is 0 Å². The van der Waals surface area contributed by atoms with Crippen molar-refractivity contribution in [3.05, 3.63) is 60.3 Å². The van der Waals surface area contributed by atoms with Gasteiger partial charge in [-0.1, -0.05) is 17.7 Å². The van der Waals surface area contributed by atoms with E-state index in [4.69, 9.17) is 4.74 Å². The molecule has 0 atom stereocenters. The number of ether oxygens (including phenoxy) is 1. The Morgan fingerprint density at radius 1 is 1.03 bits per heavy atom. The first-order chi connectivity index (χ1) is 13.6. The monoisotopic (exact) mass is 414 g/mol. The van der Waals surface area contributed by atoms with Crippen LogP contribution >= 0.6 is 0 Å². The summed E-state index contributed by atoms with van der Waals surface area (Å²) in [5.74, 6) is 0. The van der Waals surface area contributed by atoms with Gasteiger partial charge in [-0.25, -0.2) is 13.2 Å². The summed E-state index contributed by atoms with van der Waals surface area (Å²) in [4.78, 5) is 12.3. The molecule has 0 spiro atoms. The van der Waals surface area contributed by atoms with E-state index < -0.39 is 21.5 Å². The highest BCUT2D eigenvalue weighted by molar-refractivity contribution is 7.91. The maximum absolute atomic E-state index is 12.9. The van der Waals surface area contributed by atoms with Crippen molar-refractivity contribution < 1.29 is 17.9 Å². The molecule has 0 aliphatic rings. The van der Waals surface area contributed by atoms with Crippen LogP contribution in [0.5, 0.6) is 0 Å².